The van der Waals surface area contributed by atoms with Gasteiger partial charge < -0.3 is 14.4 Å². The van der Waals surface area contributed by atoms with Crippen molar-refractivity contribution in [1.82, 2.24) is 0 Å². The molecule has 1 rings (SSSR count). The van der Waals surface area contributed by atoms with Gasteiger partial charge in [0.2, 0.25) is 0 Å². The largest absolute Gasteiger partial charge is 0.383 e. The number of anilines is 1. The minimum Gasteiger partial charge on any atom is -0.383 e. The van der Waals surface area contributed by atoms with Crippen LogP contribution in [0.15, 0.2) is 18.2 Å². The van der Waals surface area contributed by atoms with Crippen molar-refractivity contribution < 1.29 is 9.47 Å². The monoisotopic (exact) mass is 349 g/mol. The van der Waals surface area contributed by atoms with Crippen LogP contribution in [-0.2, 0) is 14.8 Å². The fourth-order valence-electron chi connectivity index (χ4n) is 2.05. The lowest BCUT2D eigenvalue weighted by Crippen LogP contribution is -2.39. The van der Waals surface area contributed by atoms with Crippen molar-refractivity contribution in [3.05, 3.63) is 28.8 Å². The Kier molecular flexibility index (Phi) is 7.76. The molecule has 0 aliphatic heterocycles. The molecule has 0 aromatic heterocycles. The maximum Gasteiger partial charge on any atom is 0.0663 e. The van der Waals surface area contributed by atoms with E-state index in [0.717, 1.165) is 28.1 Å². The number of halogens is 2. The SMILES string of the molecule is COCCN(c1cccc(Cl)c1CBr)C(C)COC. The fourth-order valence-corrected chi connectivity index (χ4v) is 3.03. The number of benzene rings is 1. The highest BCUT2D eigenvalue weighted by Crippen LogP contribution is 2.30. The number of rotatable bonds is 8. The van der Waals surface area contributed by atoms with E-state index in [9.17, 15) is 0 Å². The summed E-state index contributed by atoms with van der Waals surface area (Å²) in [6.07, 6.45) is 0. The van der Waals surface area contributed by atoms with Gasteiger partial charge in [-0.05, 0) is 19.1 Å². The van der Waals surface area contributed by atoms with Gasteiger partial charge in [0.25, 0.3) is 0 Å². The second-order valence-corrected chi connectivity index (χ2v) is 5.33. The van der Waals surface area contributed by atoms with Gasteiger partial charge in [0.1, 0.15) is 0 Å². The van der Waals surface area contributed by atoms with Crippen molar-refractivity contribution in [3.8, 4) is 0 Å². The Hall–Kier alpha value is -0.290. The van der Waals surface area contributed by atoms with Gasteiger partial charge in [-0.1, -0.05) is 33.6 Å². The van der Waals surface area contributed by atoms with Crippen LogP contribution in [0.3, 0.4) is 0 Å². The van der Waals surface area contributed by atoms with Crippen molar-refractivity contribution in [2.45, 2.75) is 18.3 Å². The van der Waals surface area contributed by atoms with Crippen molar-refractivity contribution in [3.63, 3.8) is 0 Å². The van der Waals surface area contributed by atoms with Crippen LogP contribution < -0.4 is 4.90 Å². The molecule has 0 radical (unpaired) electrons. The topological polar surface area (TPSA) is 21.7 Å². The molecule has 0 aliphatic rings. The van der Waals surface area contributed by atoms with Gasteiger partial charge in [0.15, 0.2) is 0 Å². The van der Waals surface area contributed by atoms with Crippen LogP contribution in [0, 0.1) is 0 Å². The first-order valence-corrected chi connectivity index (χ1v) is 7.73. The second kappa shape index (κ2) is 8.80. The van der Waals surface area contributed by atoms with E-state index in [1.54, 1.807) is 14.2 Å². The minimum absolute atomic E-state index is 0.261. The highest BCUT2D eigenvalue weighted by molar-refractivity contribution is 9.08. The molecule has 0 heterocycles. The zero-order chi connectivity index (χ0) is 14.3. The smallest absolute Gasteiger partial charge is 0.0663 e. The Morgan fingerprint density at radius 3 is 2.63 bits per heavy atom. The Labute approximate surface area is 129 Å². The molecule has 0 amide bonds. The number of alkyl halides is 1. The summed E-state index contributed by atoms with van der Waals surface area (Å²) in [4.78, 5) is 2.27. The Bertz CT molecular complexity index is 390. The third-order valence-electron chi connectivity index (χ3n) is 3.01. The summed E-state index contributed by atoms with van der Waals surface area (Å²) in [6.45, 7) is 4.28. The van der Waals surface area contributed by atoms with Gasteiger partial charge >= 0.3 is 0 Å². The summed E-state index contributed by atoms with van der Waals surface area (Å²) in [5, 5.41) is 1.51. The number of hydrogen-bond acceptors (Lipinski definition) is 3. The molecule has 1 aromatic rings. The van der Waals surface area contributed by atoms with Gasteiger partial charge in [0, 0.05) is 48.4 Å². The molecular weight excluding hydrogens is 330 g/mol. The summed E-state index contributed by atoms with van der Waals surface area (Å²) < 4.78 is 10.5. The van der Waals surface area contributed by atoms with E-state index in [2.05, 4.69) is 33.8 Å². The van der Waals surface area contributed by atoms with Crippen LogP contribution in [0.2, 0.25) is 5.02 Å². The third-order valence-corrected chi connectivity index (χ3v) is 3.93. The van der Waals surface area contributed by atoms with E-state index in [0.29, 0.717) is 13.2 Å². The summed E-state index contributed by atoms with van der Waals surface area (Å²) in [7, 11) is 3.43. The minimum atomic E-state index is 0.261. The van der Waals surface area contributed by atoms with Crippen molar-refractivity contribution in [1.29, 1.82) is 0 Å². The van der Waals surface area contributed by atoms with Gasteiger partial charge in [-0.2, -0.15) is 0 Å². The van der Waals surface area contributed by atoms with Crippen LogP contribution in [-0.4, -0.2) is 40.0 Å². The average Bonchev–Trinajstić information content (AvgIpc) is 2.39. The first-order chi connectivity index (χ1) is 9.15. The quantitative estimate of drug-likeness (QED) is 0.667. The molecule has 0 spiro atoms. The highest BCUT2D eigenvalue weighted by Gasteiger charge is 2.18. The first kappa shape index (κ1) is 16.8. The molecular formula is C14H21BrClNO2. The maximum absolute atomic E-state index is 6.27. The van der Waals surface area contributed by atoms with Gasteiger partial charge in [-0.15, -0.1) is 0 Å². The molecule has 0 saturated carbocycles. The van der Waals surface area contributed by atoms with E-state index < -0.39 is 0 Å². The lowest BCUT2D eigenvalue weighted by molar-refractivity contribution is 0.171. The summed E-state index contributed by atoms with van der Waals surface area (Å²) in [5.74, 6) is 0. The van der Waals surface area contributed by atoms with Gasteiger partial charge in [0.05, 0.1) is 13.2 Å². The lowest BCUT2D eigenvalue weighted by atomic mass is 10.1. The number of hydrogen-bond donors (Lipinski definition) is 0. The fraction of sp³-hybridized carbons (Fsp3) is 0.571. The molecule has 0 aliphatic carbocycles. The normalized spacial score (nSPS) is 12.5. The molecule has 1 aromatic carbocycles. The van der Waals surface area contributed by atoms with Crippen LogP contribution in [0.1, 0.15) is 12.5 Å². The third kappa shape index (κ3) is 4.63. The zero-order valence-corrected chi connectivity index (χ0v) is 14.0. The highest BCUT2D eigenvalue weighted by atomic mass is 79.9. The summed E-state index contributed by atoms with van der Waals surface area (Å²) in [6, 6.07) is 6.24. The lowest BCUT2D eigenvalue weighted by Gasteiger charge is -2.32. The summed E-state index contributed by atoms with van der Waals surface area (Å²) in [5.41, 5.74) is 2.23. The number of nitrogens with zero attached hydrogens (tertiary/aromatic N) is 1. The number of ether oxygens (including phenoxy) is 2. The Balaban J connectivity index is 3.05. The van der Waals surface area contributed by atoms with E-state index >= 15 is 0 Å². The Morgan fingerprint density at radius 2 is 2.05 bits per heavy atom. The van der Waals surface area contributed by atoms with Crippen molar-refractivity contribution in [2.24, 2.45) is 0 Å². The molecule has 0 bridgehead atoms. The van der Waals surface area contributed by atoms with Gasteiger partial charge in [-0.25, -0.2) is 0 Å². The van der Waals surface area contributed by atoms with Crippen molar-refractivity contribution >= 4 is 33.2 Å². The van der Waals surface area contributed by atoms with E-state index in [4.69, 9.17) is 21.1 Å². The van der Waals surface area contributed by atoms with Gasteiger partial charge in [-0.3, -0.25) is 0 Å². The maximum atomic E-state index is 6.27. The molecule has 108 valence electrons. The molecule has 5 heteroatoms. The molecule has 1 atom stereocenters. The molecule has 3 nitrogen and oxygen atoms in total. The van der Waals surface area contributed by atoms with Crippen LogP contribution >= 0.6 is 27.5 Å². The van der Waals surface area contributed by atoms with Crippen molar-refractivity contribution in [2.75, 3.05) is 38.9 Å². The molecule has 0 N–H and O–H groups in total. The molecule has 0 fully saturated rings. The first-order valence-electron chi connectivity index (χ1n) is 6.23. The molecule has 0 saturated heterocycles. The van der Waals surface area contributed by atoms with E-state index in [1.165, 1.54) is 0 Å². The standard InChI is InChI=1S/C14H21BrClNO2/c1-11(10-19-3)17(7-8-18-2)14-6-4-5-13(16)12(14)9-15/h4-6,11H,7-10H2,1-3H3. The average molecular weight is 351 g/mol. The second-order valence-electron chi connectivity index (χ2n) is 4.36. The van der Waals surface area contributed by atoms with Crippen LogP contribution in [0.5, 0.6) is 0 Å². The molecule has 1 unspecified atom stereocenters. The van der Waals surface area contributed by atoms with E-state index in [-0.39, 0.29) is 6.04 Å². The predicted octanol–water partition coefficient (Wildman–Crippen LogP) is 3.72. The van der Waals surface area contributed by atoms with Crippen LogP contribution in [0.25, 0.3) is 0 Å². The predicted molar refractivity (Wildman–Crippen MR) is 84.6 cm³/mol. The summed E-state index contributed by atoms with van der Waals surface area (Å²) >= 11 is 9.78. The van der Waals surface area contributed by atoms with Crippen LogP contribution in [0.4, 0.5) is 5.69 Å². The Morgan fingerprint density at radius 1 is 1.32 bits per heavy atom. The number of methoxy groups -OCH3 is 2. The molecule has 19 heavy (non-hydrogen) atoms. The zero-order valence-electron chi connectivity index (χ0n) is 11.7. The van der Waals surface area contributed by atoms with E-state index in [1.807, 2.05) is 12.1 Å².